The summed E-state index contributed by atoms with van der Waals surface area (Å²) in [6.45, 7) is 4.13. The quantitative estimate of drug-likeness (QED) is 0.724. The smallest absolute Gasteiger partial charge is 0.224 e. The fourth-order valence-electron chi connectivity index (χ4n) is 2.50. The minimum absolute atomic E-state index is 0.0953. The van der Waals surface area contributed by atoms with Crippen molar-refractivity contribution in [2.75, 3.05) is 39.9 Å². The zero-order valence-electron chi connectivity index (χ0n) is 12.0. The van der Waals surface area contributed by atoms with Crippen molar-refractivity contribution in [1.82, 2.24) is 25.6 Å². The summed E-state index contributed by atoms with van der Waals surface area (Å²) in [6.07, 6.45) is 4.44. The molecule has 2 N–H and O–H groups in total. The molecule has 2 heterocycles. The van der Waals surface area contributed by atoms with Crippen LogP contribution in [0, 0.1) is 5.92 Å². The van der Waals surface area contributed by atoms with Crippen molar-refractivity contribution in [3.8, 4) is 0 Å². The second-order valence-electron chi connectivity index (χ2n) is 5.13. The molecule has 7 heteroatoms. The number of nitrogens with zero attached hydrogens (tertiary/aromatic N) is 3. The Morgan fingerprint density at radius 1 is 1.65 bits per heavy atom. The number of amides is 1. The fourth-order valence-corrected chi connectivity index (χ4v) is 2.50. The molecule has 0 bridgehead atoms. The van der Waals surface area contributed by atoms with Crippen LogP contribution in [0.25, 0.3) is 0 Å². The van der Waals surface area contributed by atoms with Crippen LogP contribution in [-0.4, -0.2) is 66.1 Å². The minimum atomic E-state index is 0.0953. The van der Waals surface area contributed by atoms with Gasteiger partial charge in [-0.2, -0.15) is 15.4 Å². The molecule has 7 nitrogen and oxygen atoms in total. The van der Waals surface area contributed by atoms with Gasteiger partial charge in [-0.15, -0.1) is 0 Å². The lowest BCUT2D eigenvalue weighted by atomic mass is 9.97. The van der Waals surface area contributed by atoms with Crippen LogP contribution in [0.4, 0.5) is 0 Å². The van der Waals surface area contributed by atoms with Gasteiger partial charge in [-0.25, -0.2) is 0 Å². The third-order valence-corrected chi connectivity index (χ3v) is 3.63. The Balaban J connectivity index is 1.68. The Morgan fingerprint density at radius 2 is 2.55 bits per heavy atom. The number of likely N-dealkylation sites (tertiary alicyclic amines) is 1. The van der Waals surface area contributed by atoms with E-state index in [0.717, 1.165) is 44.8 Å². The number of nitrogens with one attached hydrogen (secondary N) is 2. The molecule has 0 unspecified atom stereocenters. The second-order valence-corrected chi connectivity index (χ2v) is 5.13. The van der Waals surface area contributed by atoms with Gasteiger partial charge in [-0.3, -0.25) is 4.79 Å². The molecule has 1 aliphatic heterocycles. The minimum Gasteiger partial charge on any atom is -0.383 e. The molecule has 0 saturated carbocycles. The third-order valence-electron chi connectivity index (χ3n) is 3.63. The number of aromatic nitrogens is 3. The van der Waals surface area contributed by atoms with E-state index in [2.05, 4.69) is 25.6 Å². The largest absolute Gasteiger partial charge is 0.383 e. The second kappa shape index (κ2) is 7.96. The number of methoxy groups -OCH3 is 1. The summed E-state index contributed by atoms with van der Waals surface area (Å²) in [4.78, 5) is 14.4. The monoisotopic (exact) mass is 281 g/mol. The number of carbonyl (C=O) groups is 1. The van der Waals surface area contributed by atoms with E-state index in [9.17, 15) is 4.79 Å². The first-order chi connectivity index (χ1) is 9.79. The number of aromatic amines is 1. The summed E-state index contributed by atoms with van der Waals surface area (Å²) < 4.78 is 5.09. The molecule has 2 rings (SSSR count). The zero-order chi connectivity index (χ0) is 14.2. The van der Waals surface area contributed by atoms with Crippen molar-refractivity contribution >= 4 is 5.91 Å². The van der Waals surface area contributed by atoms with Gasteiger partial charge in [0.05, 0.1) is 24.4 Å². The van der Waals surface area contributed by atoms with Gasteiger partial charge in [0.15, 0.2) is 0 Å². The molecule has 1 saturated heterocycles. The Kier molecular flexibility index (Phi) is 5.94. The molecule has 0 spiro atoms. The Bertz CT molecular complexity index is 395. The number of rotatable bonds is 7. The molecule has 1 aliphatic rings. The van der Waals surface area contributed by atoms with Crippen LogP contribution in [0.1, 0.15) is 18.5 Å². The van der Waals surface area contributed by atoms with Gasteiger partial charge in [0.1, 0.15) is 0 Å². The van der Waals surface area contributed by atoms with Crippen LogP contribution in [-0.2, 0) is 16.0 Å². The molecule has 20 heavy (non-hydrogen) atoms. The highest BCUT2D eigenvalue weighted by Crippen LogP contribution is 2.16. The Hall–Kier alpha value is -1.47. The zero-order valence-corrected chi connectivity index (χ0v) is 12.0. The summed E-state index contributed by atoms with van der Waals surface area (Å²) in [5, 5.41) is 13.3. The molecule has 0 aliphatic carbocycles. The number of hydrogen-bond donors (Lipinski definition) is 2. The average molecular weight is 281 g/mol. The first-order valence-electron chi connectivity index (χ1n) is 7.13. The van der Waals surface area contributed by atoms with Crippen LogP contribution >= 0.6 is 0 Å². The van der Waals surface area contributed by atoms with Crippen molar-refractivity contribution in [2.24, 2.45) is 5.92 Å². The third kappa shape index (κ3) is 4.57. The molecule has 1 atom stereocenters. The number of hydrogen-bond acceptors (Lipinski definition) is 5. The van der Waals surface area contributed by atoms with Gasteiger partial charge >= 0.3 is 0 Å². The number of piperidine rings is 1. The summed E-state index contributed by atoms with van der Waals surface area (Å²) in [5.41, 5.74) is 0.871. The van der Waals surface area contributed by atoms with Gasteiger partial charge in [0, 0.05) is 33.2 Å². The van der Waals surface area contributed by atoms with Crippen LogP contribution in [0.5, 0.6) is 0 Å². The molecule has 1 aromatic heterocycles. The molecule has 0 aromatic carbocycles. The summed E-state index contributed by atoms with van der Waals surface area (Å²) in [6, 6.07) is 0. The molecule has 1 amide bonds. The van der Waals surface area contributed by atoms with Gasteiger partial charge in [0.25, 0.3) is 0 Å². The lowest BCUT2D eigenvalue weighted by Gasteiger charge is -2.31. The van der Waals surface area contributed by atoms with Crippen molar-refractivity contribution < 1.29 is 9.53 Å². The lowest BCUT2D eigenvalue weighted by Crippen LogP contribution is -2.44. The molecule has 112 valence electrons. The van der Waals surface area contributed by atoms with E-state index in [1.807, 2.05) is 0 Å². The Labute approximate surface area is 119 Å². The topological polar surface area (TPSA) is 83.1 Å². The molecular weight excluding hydrogens is 258 g/mol. The predicted octanol–water partition coefficient (Wildman–Crippen LogP) is -0.178. The first kappa shape index (κ1) is 14.9. The molecule has 0 radical (unpaired) electrons. The number of ether oxygens (including phenoxy) is 1. The molecular formula is C13H23N5O2. The van der Waals surface area contributed by atoms with Gasteiger partial charge < -0.3 is 15.0 Å². The van der Waals surface area contributed by atoms with Gasteiger partial charge in [-0.1, -0.05) is 0 Å². The molecule has 1 aromatic rings. The highest BCUT2D eigenvalue weighted by Gasteiger charge is 2.25. The maximum absolute atomic E-state index is 12.1. The van der Waals surface area contributed by atoms with Crippen LogP contribution in [0.15, 0.2) is 6.20 Å². The van der Waals surface area contributed by atoms with Crippen molar-refractivity contribution in [2.45, 2.75) is 19.3 Å². The van der Waals surface area contributed by atoms with E-state index in [0.29, 0.717) is 13.0 Å². The van der Waals surface area contributed by atoms with Crippen molar-refractivity contribution in [3.05, 3.63) is 11.9 Å². The summed E-state index contributed by atoms with van der Waals surface area (Å²) >= 11 is 0. The maximum Gasteiger partial charge on any atom is 0.224 e. The highest BCUT2D eigenvalue weighted by atomic mass is 16.5. The van der Waals surface area contributed by atoms with E-state index < -0.39 is 0 Å². The summed E-state index contributed by atoms with van der Waals surface area (Å²) in [5.74, 6) is 0.244. The summed E-state index contributed by atoms with van der Waals surface area (Å²) in [7, 11) is 1.71. The van der Waals surface area contributed by atoms with E-state index in [1.165, 1.54) is 0 Å². The lowest BCUT2D eigenvalue weighted by molar-refractivity contribution is -0.126. The first-order valence-corrected chi connectivity index (χ1v) is 7.13. The van der Waals surface area contributed by atoms with E-state index in [-0.39, 0.29) is 11.8 Å². The van der Waals surface area contributed by atoms with Crippen molar-refractivity contribution in [1.29, 1.82) is 0 Å². The molecule has 1 fully saturated rings. The average Bonchev–Trinajstić information content (AvgIpc) is 2.98. The van der Waals surface area contributed by atoms with E-state index in [1.54, 1.807) is 13.3 Å². The van der Waals surface area contributed by atoms with E-state index >= 15 is 0 Å². The number of carbonyl (C=O) groups excluding carboxylic acids is 1. The van der Waals surface area contributed by atoms with Crippen LogP contribution in [0.2, 0.25) is 0 Å². The predicted molar refractivity (Wildman–Crippen MR) is 74.1 cm³/mol. The number of H-pyrrole nitrogens is 1. The fraction of sp³-hybridized carbons (Fsp3) is 0.769. The normalized spacial score (nSPS) is 19.9. The standard InChI is InChI=1S/C13H23N5O2/c1-20-8-7-18-6-2-3-11(10-18)13(19)14-5-4-12-9-15-17-16-12/h9,11H,2-8,10H2,1H3,(H,14,19)(H,15,16,17)/t11-/m1/s1. The maximum atomic E-state index is 12.1. The van der Waals surface area contributed by atoms with Gasteiger partial charge in [0.2, 0.25) is 5.91 Å². The highest BCUT2D eigenvalue weighted by molar-refractivity contribution is 5.78. The van der Waals surface area contributed by atoms with Crippen LogP contribution in [0.3, 0.4) is 0 Å². The van der Waals surface area contributed by atoms with E-state index in [4.69, 9.17) is 4.74 Å². The Morgan fingerprint density at radius 3 is 3.30 bits per heavy atom. The van der Waals surface area contributed by atoms with Gasteiger partial charge in [-0.05, 0) is 19.4 Å². The van der Waals surface area contributed by atoms with Crippen LogP contribution < -0.4 is 5.32 Å². The SMILES string of the molecule is COCCN1CCC[C@@H](C(=O)NCCc2cn[nH]n2)C1. The van der Waals surface area contributed by atoms with Crippen molar-refractivity contribution in [3.63, 3.8) is 0 Å².